The molecule has 6 heteroatoms. The molecule has 2 heterocycles. The zero-order valence-electron chi connectivity index (χ0n) is 30.8. The first-order valence-electron chi connectivity index (χ1n) is 19.1. The average Bonchev–Trinajstić information content (AvgIpc) is 3.65. The van der Waals surface area contributed by atoms with Crippen LogP contribution in [0.5, 0.6) is 0 Å². The maximum atomic E-state index is 7.20. The van der Waals surface area contributed by atoms with Gasteiger partial charge in [0.1, 0.15) is 30.5 Å². The number of thiophene rings is 1. The summed E-state index contributed by atoms with van der Waals surface area (Å²) < 4.78 is 35.8. The summed E-state index contributed by atoms with van der Waals surface area (Å²) in [6.45, 7) is 1.99. The highest BCUT2D eigenvalue weighted by molar-refractivity contribution is 7.19. The van der Waals surface area contributed by atoms with Crippen molar-refractivity contribution in [2.24, 2.45) is 0 Å². The van der Waals surface area contributed by atoms with E-state index in [4.69, 9.17) is 23.7 Å². The third-order valence-corrected chi connectivity index (χ3v) is 11.1. The summed E-state index contributed by atoms with van der Waals surface area (Å²) in [5.41, 5.74) is 6.60. The highest BCUT2D eigenvalue weighted by atomic mass is 32.1. The summed E-state index contributed by atoms with van der Waals surface area (Å²) in [4.78, 5) is 1.32. The van der Waals surface area contributed by atoms with E-state index in [1.54, 1.807) is 0 Å². The maximum absolute atomic E-state index is 7.20. The molecule has 1 saturated heterocycles. The second kappa shape index (κ2) is 18.6. The molecule has 7 aromatic rings. The van der Waals surface area contributed by atoms with Gasteiger partial charge in [0.2, 0.25) is 0 Å². The second-order valence-corrected chi connectivity index (χ2v) is 15.2. The van der Waals surface area contributed by atoms with Gasteiger partial charge in [-0.25, -0.2) is 0 Å². The molecule has 0 saturated carbocycles. The van der Waals surface area contributed by atoms with E-state index in [0.29, 0.717) is 33.0 Å². The molecule has 5 nitrogen and oxygen atoms in total. The predicted octanol–water partition coefficient (Wildman–Crippen LogP) is 10.9. The van der Waals surface area contributed by atoms with E-state index >= 15 is 0 Å². The summed E-state index contributed by atoms with van der Waals surface area (Å²) in [6, 6.07) is 60.7. The number of ether oxygens (including phenoxy) is 5. The molecular weight excluding hydrogens is 701 g/mol. The van der Waals surface area contributed by atoms with E-state index < -0.39 is 30.5 Å². The van der Waals surface area contributed by atoms with Crippen LogP contribution in [-0.2, 0) is 56.5 Å². The summed E-state index contributed by atoms with van der Waals surface area (Å²) >= 11 is 1.85. The van der Waals surface area contributed by atoms with Crippen molar-refractivity contribution in [3.8, 4) is 0 Å². The summed E-state index contributed by atoms with van der Waals surface area (Å²) in [5, 5.41) is 1.28. The molecule has 6 aromatic carbocycles. The fourth-order valence-electron chi connectivity index (χ4n) is 7.26. The molecule has 0 amide bonds. The number of hydrogen-bond donors (Lipinski definition) is 0. The number of benzene rings is 6. The first kappa shape index (κ1) is 37.0. The monoisotopic (exact) mass is 746 g/mol. The van der Waals surface area contributed by atoms with Gasteiger partial charge in [0.25, 0.3) is 0 Å². The molecule has 0 radical (unpaired) electrons. The van der Waals surface area contributed by atoms with E-state index in [9.17, 15) is 0 Å². The molecule has 8 rings (SSSR count). The molecule has 278 valence electrons. The molecule has 1 fully saturated rings. The van der Waals surface area contributed by atoms with Crippen LogP contribution in [0, 0.1) is 0 Å². The Balaban J connectivity index is 1.14. The summed E-state index contributed by atoms with van der Waals surface area (Å²) in [7, 11) is 0. The van der Waals surface area contributed by atoms with Crippen LogP contribution >= 0.6 is 11.3 Å². The van der Waals surface area contributed by atoms with Crippen LogP contribution in [0.2, 0.25) is 0 Å². The molecule has 1 aliphatic rings. The molecular formula is C49H46O5S. The van der Waals surface area contributed by atoms with Crippen molar-refractivity contribution in [2.45, 2.75) is 63.4 Å². The minimum Gasteiger partial charge on any atom is -0.374 e. The Labute approximate surface area is 328 Å². The summed E-state index contributed by atoms with van der Waals surface area (Å²) in [6.07, 6.45) is -1.53. The molecule has 0 aliphatic carbocycles. The van der Waals surface area contributed by atoms with Crippen molar-refractivity contribution in [1.82, 2.24) is 0 Å². The first-order chi connectivity index (χ1) is 27.2. The Morgan fingerprint density at radius 3 is 1.56 bits per heavy atom. The largest absolute Gasteiger partial charge is 0.374 e. The van der Waals surface area contributed by atoms with Crippen LogP contribution in [0.25, 0.3) is 10.1 Å². The van der Waals surface area contributed by atoms with Crippen LogP contribution in [0.4, 0.5) is 0 Å². The van der Waals surface area contributed by atoms with Gasteiger partial charge in [-0.1, -0.05) is 164 Å². The third-order valence-electron chi connectivity index (χ3n) is 10.0. The van der Waals surface area contributed by atoms with Crippen LogP contribution in [-0.4, -0.2) is 31.0 Å². The highest BCUT2D eigenvalue weighted by Gasteiger charge is 2.49. The SMILES string of the molecule is c1ccc(COC[C@H]2O[C@@H](c3cccc(Cc4cc5ccccc5s4)c3)[C@H](OCc3ccccc3)[C@@H](OCc3ccccc3)[C@@H]2OCc2ccccc2)cc1. The Kier molecular flexibility index (Phi) is 12.5. The summed E-state index contributed by atoms with van der Waals surface area (Å²) in [5.74, 6) is 0. The van der Waals surface area contributed by atoms with E-state index in [2.05, 4.69) is 103 Å². The van der Waals surface area contributed by atoms with Crippen LogP contribution in [0.15, 0.2) is 176 Å². The molecule has 0 unspecified atom stereocenters. The zero-order valence-corrected chi connectivity index (χ0v) is 31.6. The zero-order chi connectivity index (χ0) is 37.1. The number of rotatable bonds is 16. The second-order valence-electron chi connectivity index (χ2n) is 14.1. The predicted molar refractivity (Wildman–Crippen MR) is 220 cm³/mol. The van der Waals surface area contributed by atoms with E-state index in [0.717, 1.165) is 34.2 Å². The Hall–Kier alpha value is -4.92. The maximum Gasteiger partial charge on any atom is 0.117 e. The van der Waals surface area contributed by atoms with Gasteiger partial charge in [-0.2, -0.15) is 0 Å². The molecule has 5 atom stereocenters. The minimum absolute atomic E-state index is 0.322. The smallest absolute Gasteiger partial charge is 0.117 e. The van der Waals surface area contributed by atoms with Gasteiger partial charge in [0.15, 0.2) is 0 Å². The van der Waals surface area contributed by atoms with Crippen molar-refractivity contribution in [1.29, 1.82) is 0 Å². The molecule has 0 spiro atoms. The Morgan fingerprint density at radius 2 is 0.964 bits per heavy atom. The van der Waals surface area contributed by atoms with Crippen LogP contribution in [0.3, 0.4) is 0 Å². The van der Waals surface area contributed by atoms with Gasteiger partial charge in [0, 0.05) is 16.0 Å². The first-order valence-corrected chi connectivity index (χ1v) is 19.9. The van der Waals surface area contributed by atoms with Crippen molar-refractivity contribution in [3.05, 3.63) is 214 Å². The quantitative estimate of drug-likeness (QED) is 0.0985. The van der Waals surface area contributed by atoms with E-state index in [1.807, 2.05) is 84.1 Å². The Bertz CT molecular complexity index is 2160. The molecule has 0 N–H and O–H groups in total. The lowest BCUT2D eigenvalue weighted by Gasteiger charge is -2.46. The normalized spacial score (nSPS) is 19.7. The molecule has 1 aliphatic heterocycles. The molecule has 1 aromatic heterocycles. The van der Waals surface area contributed by atoms with Crippen molar-refractivity contribution >= 4 is 21.4 Å². The molecule has 0 bridgehead atoms. The van der Waals surface area contributed by atoms with Crippen molar-refractivity contribution in [3.63, 3.8) is 0 Å². The fraction of sp³-hybridized carbons (Fsp3) is 0.224. The highest BCUT2D eigenvalue weighted by Crippen LogP contribution is 2.39. The van der Waals surface area contributed by atoms with Gasteiger partial charge >= 0.3 is 0 Å². The van der Waals surface area contributed by atoms with Crippen molar-refractivity contribution < 1.29 is 23.7 Å². The van der Waals surface area contributed by atoms with Gasteiger partial charge < -0.3 is 23.7 Å². The van der Waals surface area contributed by atoms with Crippen molar-refractivity contribution in [2.75, 3.05) is 6.61 Å². The lowest BCUT2D eigenvalue weighted by Crippen LogP contribution is -2.58. The lowest BCUT2D eigenvalue weighted by atomic mass is 9.89. The Morgan fingerprint density at radius 1 is 0.455 bits per heavy atom. The van der Waals surface area contributed by atoms with Gasteiger partial charge in [-0.3, -0.25) is 0 Å². The fourth-order valence-corrected chi connectivity index (χ4v) is 8.36. The topological polar surface area (TPSA) is 46.2 Å². The van der Waals surface area contributed by atoms with Gasteiger partial charge in [0.05, 0.1) is 33.0 Å². The average molecular weight is 747 g/mol. The lowest BCUT2D eigenvalue weighted by molar-refractivity contribution is -0.275. The third kappa shape index (κ3) is 9.85. The standard InChI is InChI=1S/C49H46O5S/c1-5-16-36(17-6-1)31-50-35-44-47(51-32-37-18-7-2-8-19-37)49(53-34-39-22-11-4-12-23-39)48(52-33-38-20-9-3-10-21-38)46(54-44)42-26-15-24-40(28-42)29-43-30-41-25-13-14-27-45(41)55-43/h1-28,30,44,46-49H,29,31-35H2/t44-,46+,47-,48+,49+/m1/s1. The minimum atomic E-state index is -0.491. The van der Waals surface area contributed by atoms with Gasteiger partial charge in [-0.15, -0.1) is 11.3 Å². The number of hydrogen-bond acceptors (Lipinski definition) is 6. The number of fused-ring (bicyclic) bond motifs is 1. The van der Waals surface area contributed by atoms with Gasteiger partial charge in [-0.05, 0) is 50.9 Å². The van der Waals surface area contributed by atoms with Crippen LogP contribution in [0.1, 0.15) is 44.4 Å². The molecule has 55 heavy (non-hydrogen) atoms. The van der Waals surface area contributed by atoms with Crippen LogP contribution < -0.4 is 0 Å². The van der Waals surface area contributed by atoms with E-state index in [-0.39, 0.29) is 0 Å². The van der Waals surface area contributed by atoms with E-state index in [1.165, 1.54) is 20.5 Å².